The highest BCUT2D eigenvalue weighted by Gasteiger charge is 2.17. The van der Waals surface area contributed by atoms with Crippen molar-refractivity contribution in [1.29, 1.82) is 0 Å². The Bertz CT molecular complexity index is 374. The van der Waals surface area contributed by atoms with Crippen LogP contribution in [0.2, 0.25) is 0 Å². The quantitative estimate of drug-likeness (QED) is 0.798. The van der Waals surface area contributed by atoms with Crippen molar-refractivity contribution < 1.29 is 4.79 Å². The van der Waals surface area contributed by atoms with Crippen LogP contribution in [-0.4, -0.2) is 28.9 Å². The molecule has 0 saturated heterocycles. The van der Waals surface area contributed by atoms with E-state index in [4.69, 9.17) is 5.73 Å². The average Bonchev–Trinajstić information content (AvgIpc) is 2.15. The van der Waals surface area contributed by atoms with Gasteiger partial charge < -0.3 is 10.6 Å². The first kappa shape index (κ1) is 11.5. The van der Waals surface area contributed by atoms with Gasteiger partial charge in [-0.2, -0.15) is 0 Å². The number of nitrogens with zero attached hydrogens (tertiary/aromatic N) is 2. The van der Waals surface area contributed by atoms with Gasteiger partial charge in [0, 0.05) is 30.7 Å². The summed E-state index contributed by atoms with van der Waals surface area (Å²) in [6.45, 7) is 5.75. The van der Waals surface area contributed by atoms with Gasteiger partial charge in [0.25, 0.3) is 5.91 Å². The molecule has 0 bridgehead atoms. The molecular weight excluding hydrogens is 190 g/mol. The van der Waals surface area contributed by atoms with Gasteiger partial charge in [-0.3, -0.25) is 9.78 Å². The Balaban J connectivity index is 3.01. The Hall–Kier alpha value is -1.58. The smallest absolute Gasteiger partial charge is 0.257 e. The third kappa shape index (κ3) is 2.46. The fourth-order valence-corrected chi connectivity index (χ4v) is 1.18. The van der Waals surface area contributed by atoms with Crippen LogP contribution in [0.1, 0.15) is 29.9 Å². The summed E-state index contributed by atoms with van der Waals surface area (Å²) in [5.41, 5.74) is 7.54. The first-order valence-corrected chi connectivity index (χ1v) is 4.92. The van der Waals surface area contributed by atoms with Crippen molar-refractivity contribution in [2.45, 2.75) is 26.8 Å². The molecule has 1 heterocycles. The Morgan fingerprint density at radius 2 is 2.13 bits per heavy atom. The molecule has 0 unspecified atom stereocenters. The predicted molar refractivity (Wildman–Crippen MR) is 60.6 cm³/mol. The van der Waals surface area contributed by atoms with Gasteiger partial charge >= 0.3 is 0 Å². The maximum Gasteiger partial charge on any atom is 0.257 e. The maximum absolute atomic E-state index is 11.9. The third-order valence-corrected chi connectivity index (χ3v) is 2.40. The zero-order chi connectivity index (χ0) is 11.6. The van der Waals surface area contributed by atoms with E-state index in [1.54, 1.807) is 18.0 Å². The molecule has 0 fully saturated rings. The molecular formula is C11H17N3O. The zero-order valence-electron chi connectivity index (χ0n) is 9.61. The summed E-state index contributed by atoms with van der Waals surface area (Å²) >= 11 is 0. The number of rotatable bonds is 2. The molecule has 0 spiro atoms. The van der Waals surface area contributed by atoms with Gasteiger partial charge in [-0.15, -0.1) is 0 Å². The lowest BCUT2D eigenvalue weighted by atomic mass is 10.2. The van der Waals surface area contributed by atoms with E-state index in [-0.39, 0.29) is 11.9 Å². The van der Waals surface area contributed by atoms with E-state index >= 15 is 0 Å². The van der Waals surface area contributed by atoms with E-state index in [0.29, 0.717) is 11.3 Å². The number of aryl methyl sites for hydroxylation is 1. The van der Waals surface area contributed by atoms with Gasteiger partial charge in [-0.05, 0) is 26.8 Å². The highest BCUT2D eigenvalue weighted by atomic mass is 16.2. The number of pyridine rings is 1. The van der Waals surface area contributed by atoms with Crippen molar-refractivity contribution in [2.75, 3.05) is 12.8 Å². The molecule has 1 aromatic heterocycles. The topological polar surface area (TPSA) is 59.2 Å². The number of aromatic nitrogens is 1. The molecule has 15 heavy (non-hydrogen) atoms. The Kier molecular flexibility index (Phi) is 3.29. The van der Waals surface area contributed by atoms with E-state index in [9.17, 15) is 4.79 Å². The van der Waals surface area contributed by atoms with Crippen LogP contribution in [0.25, 0.3) is 0 Å². The average molecular weight is 207 g/mol. The summed E-state index contributed by atoms with van der Waals surface area (Å²) in [7, 11) is 1.76. The zero-order valence-corrected chi connectivity index (χ0v) is 9.61. The lowest BCUT2D eigenvalue weighted by Gasteiger charge is -2.21. The minimum absolute atomic E-state index is 0.0880. The van der Waals surface area contributed by atoms with Crippen molar-refractivity contribution in [2.24, 2.45) is 0 Å². The first-order valence-electron chi connectivity index (χ1n) is 4.92. The molecule has 82 valence electrons. The summed E-state index contributed by atoms with van der Waals surface area (Å²) in [6, 6.07) is 1.86. The van der Waals surface area contributed by atoms with E-state index < -0.39 is 0 Å². The molecule has 0 aliphatic rings. The van der Waals surface area contributed by atoms with Gasteiger partial charge in [0.15, 0.2) is 0 Å². The third-order valence-electron chi connectivity index (χ3n) is 2.40. The highest BCUT2D eigenvalue weighted by molar-refractivity contribution is 5.98. The number of anilines is 1. The van der Waals surface area contributed by atoms with Crippen LogP contribution in [0.5, 0.6) is 0 Å². The highest BCUT2D eigenvalue weighted by Crippen LogP contribution is 2.14. The molecule has 1 amide bonds. The van der Waals surface area contributed by atoms with Gasteiger partial charge in [0.05, 0.1) is 5.56 Å². The molecule has 0 saturated carbocycles. The van der Waals surface area contributed by atoms with E-state index in [1.807, 2.05) is 20.8 Å². The van der Waals surface area contributed by atoms with Gasteiger partial charge in [-0.1, -0.05) is 0 Å². The van der Waals surface area contributed by atoms with E-state index in [0.717, 1.165) is 5.69 Å². The summed E-state index contributed by atoms with van der Waals surface area (Å²) in [6.07, 6.45) is 1.53. The molecule has 4 heteroatoms. The van der Waals surface area contributed by atoms with Crippen molar-refractivity contribution in [3.8, 4) is 0 Å². The van der Waals surface area contributed by atoms with Crippen molar-refractivity contribution in [3.05, 3.63) is 23.5 Å². The summed E-state index contributed by atoms with van der Waals surface area (Å²) in [4.78, 5) is 17.6. The minimum atomic E-state index is -0.0880. The molecule has 4 nitrogen and oxygen atoms in total. The second-order valence-corrected chi connectivity index (χ2v) is 3.92. The van der Waals surface area contributed by atoms with Crippen LogP contribution in [0.3, 0.4) is 0 Å². The Labute approximate surface area is 90.1 Å². The molecule has 0 radical (unpaired) electrons. The summed E-state index contributed by atoms with van der Waals surface area (Å²) < 4.78 is 0. The summed E-state index contributed by atoms with van der Waals surface area (Å²) in [5.74, 6) is -0.0880. The number of carbonyl (C=O) groups excluding carboxylic acids is 1. The number of nitrogen functional groups attached to an aromatic ring is 1. The standard InChI is InChI=1S/C11H17N3O/c1-7(2)14(4)11(15)9-6-13-8(3)5-10(9)12/h5-7H,1-4H3,(H2,12,13). The summed E-state index contributed by atoms with van der Waals surface area (Å²) in [5, 5.41) is 0. The van der Waals surface area contributed by atoms with E-state index in [2.05, 4.69) is 4.98 Å². The molecule has 0 aliphatic carbocycles. The van der Waals surface area contributed by atoms with Crippen molar-refractivity contribution in [1.82, 2.24) is 9.88 Å². The lowest BCUT2D eigenvalue weighted by molar-refractivity contribution is 0.0755. The lowest BCUT2D eigenvalue weighted by Crippen LogP contribution is -2.33. The molecule has 0 aromatic carbocycles. The van der Waals surface area contributed by atoms with Crippen LogP contribution < -0.4 is 5.73 Å². The van der Waals surface area contributed by atoms with Crippen LogP contribution in [0.15, 0.2) is 12.3 Å². The fourth-order valence-electron chi connectivity index (χ4n) is 1.18. The van der Waals surface area contributed by atoms with E-state index in [1.165, 1.54) is 6.20 Å². The maximum atomic E-state index is 11.9. The second-order valence-electron chi connectivity index (χ2n) is 3.92. The van der Waals surface area contributed by atoms with Crippen LogP contribution in [0.4, 0.5) is 5.69 Å². The number of amides is 1. The molecule has 0 aliphatic heterocycles. The van der Waals surface area contributed by atoms with Crippen molar-refractivity contribution in [3.63, 3.8) is 0 Å². The molecule has 0 atom stereocenters. The number of nitrogens with two attached hydrogens (primary N) is 1. The van der Waals surface area contributed by atoms with Gasteiger partial charge in [-0.25, -0.2) is 0 Å². The van der Waals surface area contributed by atoms with Crippen LogP contribution in [-0.2, 0) is 0 Å². The minimum Gasteiger partial charge on any atom is -0.398 e. The van der Waals surface area contributed by atoms with Gasteiger partial charge in [0.2, 0.25) is 0 Å². The predicted octanol–water partition coefficient (Wildman–Crippen LogP) is 1.45. The second kappa shape index (κ2) is 4.29. The van der Waals surface area contributed by atoms with Gasteiger partial charge in [0.1, 0.15) is 0 Å². The monoisotopic (exact) mass is 207 g/mol. The number of hydrogen-bond donors (Lipinski definition) is 1. The van der Waals surface area contributed by atoms with Crippen molar-refractivity contribution >= 4 is 11.6 Å². The SMILES string of the molecule is Cc1cc(N)c(C(=O)N(C)C(C)C)cn1. The fraction of sp³-hybridized carbons (Fsp3) is 0.455. The molecule has 2 N–H and O–H groups in total. The number of hydrogen-bond acceptors (Lipinski definition) is 3. The normalized spacial score (nSPS) is 10.5. The Morgan fingerprint density at radius 1 is 1.53 bits per heavy atom. The Morgan fingerprint density at radius 3 is 2.60 bits per heavy atom. The number of carbonyl (C=O) groups is 1. The van der Waals surface area contributed by atoms with Crippen LogP contribution >= 0.6 is 0 Å². The first-order chi connectivity index (χ1) is 6.93. The molecule has 1 aromatic rings. The molecule has 1 rings (SSSR count). The van der Waals surface area contributed by atoms with Crippen LogP contribution in [0, 0.1) is 6.92 Å². The largest absolute Gasteiger partial charge is 0.398 e.